The quantitative estimate of drug-likeness (QED) is 0.530. The maximum absolute atomic E-state index is 12.5. The first-order valence-electron chi connectivity index (χ1n) is 9.47. The molecule has 2 heteroatoms. The number of aliphatic hydroxyl groups excluding tert-OH is 1. The number of Topliss-reactive ketones (excluding diaryl/α,β-unsaturated/α-hetero) is 1. The van der Waals surface area contributed by atoms with E-state index in [1.807, 2.05) is 6.92 Å². The van der Waals surface area contributed by atoms with E-state index in [1.54, 1.807) is 0 Å². The second kappa shape index (κ2) is 5.05. The van der Waals surface area contributed by atoms with Crippen molar-refractivity contribution in [3.05, 3.63) is 23.3 Å². The van der Waals surface area contributed by atoms with E-state index in [2.05, 4.69) is 26.0 Å². The summed E-state index contributed by atoms with van der Waals surface area (Å²) >= 11 is 0. The zero-order valence-electron chi connectivity index (χ0n) is 14.8. The zero-order chi connectivity index (χ0) is 16.4. The van der Waals surface area contributed by atoms with Crippen LogP contribution in [0, 0.1) is 28.6 Å². The molecule has 0 radical (unpaired) electrons. The summed E-state index contributed by atoms with van der Waals surface area (Å²) in [6.07, 6.45) is 11.6. The number of ketones is 1. The largest absolute Gasteiger partial charge is 0.393 e. The Kier molecular flexibility index (Phi) is 3.43. The minimum atomic E-state index is -0.137. The standard InChI is InChI=1S/C21H30O2/c1-4-16-19(23)12-18-15-6-5-13-11-14(22)7-9-20(13,2)17(15)8-10-21(16,18)3/h4-5,14-15,17-18,22H,6-12H2,1-3H3/t14-,15+,17-,18-,20?,21+/m0/s1. The first kappa shape index (κ1) is 15.6. The molecule has 0 bridgehead atoms. The van der Waals surface area contributed by atoms with Gasteiger partial charge in [-0.25, -0.2) is 0 Å². The van der Waals surface area contributed by atoms with Gasteiger partial charge in [-0.15, -0.1) is 0 Å². The molecule has 4 aliphatic rings. The van der Waals surface area contributed by atoms with Gasteiger partial charge in [0.2, 0.25) is 0 Å². The number of hydrogen-bond donors (Lipinski definition) is 1. The molecular weight excluding hydrogens is 284 g/mol. The highest BCUT2D eigenvalue weighted by atomic mass is 16.3. The van der Waals surface area contributed by atoms with Gasteiger partial charge in [0.15, 0.2) is 5.78 Å². The molecule has 0 saturated heterocycles. The van der Waals surface area contributed by atoms with Gasteiger partial charge in [-0.2, -0.15) is 0 Å². The first-order chi connectivity index (χ1) is 10.9. The highest BCUT2D eigenvalue weighted by Gasteiger charge is 2.59. The molecule has 0 heterocycles. The molecule has 0 aromatic rings. The Morgan fingerprint density at radius 2 is 1.87 bits per heavy atom. The highest BCUT2D eigenvalue weighted by Crippen LogP contribution is 2.65. The van der Waals surface area contributed by atoms with Crippen molar-refractivity contribution in [2.75, 3.05) is 0 Å². The van der Waals surface area contributed by atoms with Crippen molar-refractivity contribution in [3.63, 3.8) is 0 Å². The minimum Gasteiger partial charge on any atom is -0.393 e. The first-order valence-corrected chi connectivity index (χ1v) is 9.47. The topological polar surface area (TPSA) is 37.3 Å². The number of aliphatic hydroxyl groups is 1. The van der Waals surface area contributed by atoms with Crippen molar-refractivity contribution >= 4 is 5.78 Å². The summed E-state index contributed by atoms with van der Waals surface area (Å²) in [5.41, 5.74) is 3.00. The second-order valence-corrected chi connectivity index (χ2v) is 8.94. The maximum Gasteiger partial charge on any atom is 0.159 e. The van der Waals surface area contributed by atoms with Crippen molar-refractivity contribution in [2.24, 2.45) is 28.6 Å². The average Bonchev–Trinajstić information content (AvgIpc) is 2.77. The fourth-order valence-electron chi connectivity index (χ4n) is 6.79. The molecule has 0 aromatic carbocycles. The van der Waals surface area contributed by atoms with Crippen LogP contribution in [0.3, 0.4) is 0 Å². The third kappa shape index (κ3) is 2.00. The number of carbonyl (C=O) groups is 1. The summed E-state index contributed by atoms with van der Waals surface area (Å²) in [5, 5.41) is 10.1. The van der Waals surface area contributed by atoms with E-state index in [0.29, 0.717) is 23.5 Å². The number of carbonyl (C=O) groups excluding carboxylic acids is 1. The smallest absolute Gasteiger partial charge is 0.159 e. The van der Waals surface area contributed by atoms with Gasteiger partial charge in [-0.1, -0.05) is 31.6 Å². The van der Waals surface area contributed by atoms with E-state index < -0.39 is 0 Å². The van der Waals surface area contributed by atoms with Gasteiger partial charge in [-0.05, 0) is 79.6 Å². The molecule has 0 amide bonds. The molecule has 4 aliphatic carbocycles. The lowest BCUT2D eigenvalue weighted by Crippen LogP contribution is -2.49. The summed E-state index contributed by atoms with van der Waals surface area (Å²) in [6, 6.07) is 0. The molecule has 4 rings (SSSR count). The minimum absolute atomic E-state index is 0.114. The summed E-state index contributed by atoms with van der Waals surface area (Å²) in [7, 11) is 0. The van der Waals surface area contributed by atoms with Gasteiger partial charge in [0.25, 0.3) is 0 Å². The van der Waals surface area contributed by atoms with Gasteiger partial charge in [-0.3, -0.25) is 4.79 Å². The molecule has 126 valence electrons. The molecule has 23 heavy (non-hydrogen) atoms. The van der Waals surface area contributed by atoms with Gasteiger partial charge in [0.1, 0.15) is 0 Å². The van der Waals surface area contributed by atoms with Crippen LogP contribution in [0.2, 0.25) is 0 Å². The van der Waals surface area contributed by atoms with Crippen molar-refractivity contribution in [2.45, 2.75) is 71.8 Å². The molecule has 0 aromatic heterocycles. The normalized spacial score (nSPS) is 51.0. The third-order valence-electron chi connectivity index (χ3n) is 8.08. The zero-order valence-corrected chi connectivity index (χ0v) is 14.8. The lowest BCUT2D eigenvalue weighted by atomic mass is 9.48. The van der Waals surface area contributed by atoms with Gasteiger partial charge < -0.3 is 5.11 Å². The van der Waals surface area contributed by atoms with Crippen molar-refractivity contribution in [1.82, 2.24) is 0 Å². The van der Waals surface area contributed by atoms with Crippen LogP contribution in [0.4, 0.5) is 0 Å². The predicted octanol–water partition coefficient (Wildman–Crippen LogP) is 4.44. The molecule has 1 N–H and O–H groups in total. The Labute approximate surface area is 140 Å². The van der Waals surface area contributed by atoms with Gasteiger partial charge in [0, 0.05) is 6.42 Å². The Morgan fingerprint density at radius 3 is 2.61 bits per heavy atom. The number of hydrogen-bond acceptors (Lipinski definition) is 2. The molecule has 3 fully saturated rings. The fourth-order valence-corrected chi connectivity index (χ4v) is 6.79. The van der Waals surface area contributed by atoms with E-state index in [9.17, 15) is 9.90 Å². The molecule has 2 nitrogen and oxygen atoms in total. The highest BCUT2D eigenvalue weighted by molar-refractivity contribution is 5.99. The summed E-state index contributed by atoms with van der Waals surface area (Å²) in [5.74, 6) is 2.29. The van der Waals surface area contributed by atoms with Crippen LogP contribution >= 0.6 is 0 Å². The van der Waals surface area contributed by atoms with E-state index >= 15 is 0 Å². The third-order valence-corrected chi connectivity index (χ3v) is 8.08. The van der Waals surface area contributed by atoms with Crippen LogP contribution in [0.15, 0.2) is 23.3 Å². The van der Waals surface area contributed by atoms with E-state index in [-0.39, 0.29) is 16.9 Å². The lowest BCUT2D eigenvalue weighted by molar-refractivity contribution is -0.115. The Morgan fingerprint density at radius 1 is 1.13 bits per heavy atom. The number of fused-ring (bicyclic) bond motifs is 5. The number of rotatable bonds is 0. The molecule has 1 unspecified atom stereocenters. The van der Waals surface area contributed by atoms with E-state index in [4.69, 9.17) is 0 Å². The lowest BCUT2D eigenvalue weighted by Gasteiger charge is -2.57. The summed E-state index contributed by atoms with van der Waals surface area (Å²) < 4.78 is 0. The fraction of sp³-hybridized carbons (Fsp3) is 0.762. The van der Waals surface area contributed by atoms with Crippen LogP contribution in [0.5, 0.6) is 0 Å². The predicted molar refractivity (Wildman–Crippen MR) is 91.9 cm³/mol. The Hall–Kier alpha value is -0.890. The Bertz CT molecular complexity index is 601. The molecule has 6 atom stereocenters. The van der Waals surface area contributed by atoms with Gasteiger partial charge in [0.05, 0.1) is 6.10 Å². The van der Waals surface area contributed by atoms with Crippen LogP contribution in [0.1, 0.15) is 65.7 Å². The van der Waals surface area contributed by atoms with E-state index in [1.165, 1.54) is 12.0 Å². The molecule has 3 saturated carbocycles. The summed E-state index contributed by atoms with van der Waals surface area (Å²) in [6.45, 7) is 6.83. The van der Waals surface area contributed by atoms with Gasteiger partial charge >= 0.3 is 0 Å². The van der Waals surface area contributed by atoms with Crippen LogP contribution in [0.25, 0.3) is 0 Å². The maximum atomic E-state index is 12.5. The SMILES string of the molecule is CC=C1C(=O)C[C@H]2[C@@H]3CC=C4C[C@@H](O)CCC4(C)[C@H]3CC[C@]12C. The van der Waals surface area contributed by atoms with Crippen molar-refractivity contribution in [3.8, 4) is 0 Å². The number of allylic oxidation sites excluding steroid dienone is 3. The van der Waals surface area contributed by atoms with Crippen LogP contribution in [-0.4, -0.2) is 17.0 Å². The van der Waals surface area contributed by atoms with Crippen LogP contribution < -0.4 is 0 Å². The monoisotopic (exact) mass is 314 g/mol. The van der Waals surface area contributed by atoms with Crippen molar-refractivity contribution < 1.29 is 9.90 Å². The van der Waals surface area contributed by atoms with E-state index in [0.717, 1.165) is 44.1 Å². The Balaban J connectivity index is 1.71. The molecular formula is C21H30O2. The van der Waals surface area contributed by atoms with Crippen LogP contribution in [-0.2, 0) is 4.79 Å². The average molecular weight is 314 g/mol. The summed E-state index contributed by atoms with van der Waals surface area (Å²) in [4.78, 5) is 12.5. The molecule has 0 aliphatic heterocycles. The second-order valence-electron chi connectivity index (χ2n) is 8.94. The van der Waals surface area contributed by atoms with Crippen molar-refractivity contribution in [1.29, 1.82) is 0 Å². The molecule has 0 spiro atoms.